The molecule has 0 aliphatic rings. The Balaban J connectivity index is 2.50. The summed E-state index contributed by atoms with van der Waals surface area (Å²) in [6, 6.07) is 0.991. The van der Waals surface area contributed by atoms with Gasteiger partial charge in [0.15, 0.2) is 6.61 Å². The molecule has 1 heterocycles. The van der Waals surface area contributed by atoms with E-state index >= 15 is 0 Å². The predicted molar refractivity (Wildman–Crippen MR) is 51.5 cm³/mol. The molecule has 1 aromatic rings. The first-order valence-corrected chi connectivity index (χ1v) is 4.55. The SMILES string of the molecule is O=C(Cn1ccc(=O)[nH]c1=O)NOCC(F)(F)F. The van der Waals surface area contributed by atoms with Gasteiger partial charge in [-0.2, -0.15) is 13.2 Å². The van der Waals surface area contributed by atoms with Gasteiger partial charge in [0.25, 0.3) is 11.5 Å². The minimum atomic E-state index is -4.57. The zero-order chi connectivity index (χ0) is 13.8. The Morgan fingerprint density at radius 1 is 1.44 bits per heavy atom. The van der Waals surface area contributed by atoms with Crippen molar-refractivity contribution in [3.63, 3.8) is 0 Å². The fraction of sp³-hybridized carbons (Fsp3) is 0.375. The first-order chi connectivity index (χ1) is 8.28. The topological polar surface area (TPSA) is 93.2 Å². The lowest BCUT2D eigenvalue weighted by Crippen LogP contribution is -2.36. The standard InChI is InChI=1S/C8H8F3N3O4/c9-8(10,11)4-18-13-6(16)3-14-2-1-5(15)12-7(14)17/h1-2H,3-4H2,(H,13,16)(H,12,15,17). The van der Waals surface area contributed by atoms with Crippen LogP contribution in [-0.2, 0) is 16.2 Å². The van der Waals surface area contributed by atoms with Gasteiger partial charge in [-0.1, -0.05) is 0 Å². The highest BCUT2D eigenvalue weighted by Gasteiger charge is 2.28. The summed E-state index contributed by atoms with van der Waals surface area (Å²) in [5, 5.41) is 0. The zero-order valence-electron chi connectivity index (χ0n) is 8.78. The maximum Gasteiger partial charge on any atom is 0.414 e. The van der Waals surface area contributed by atoms with Crippen LogP contribution in [0.4, 0.5) is 13.2 Å². The van der Waals surface area contributed by atoms with Crippen LogP contribution in [0.3, 0.4) is 0 Å². The second-order valence-corrected chi connectivity index (χ2v) is 3.17. The van der Waals surface area contributed by atoms with Gasteiger partial charge in [0, 0.05) is 12.3 Å². The molecule has 0 radical (unpaired) electrons. The van der Waals surface area contributed by atoms with Crippen LogP contribution in [0.25, 0.3) is 0 Å². The van der Waals surface area contributed by atoms with Crippen molar-refractivity contribution in [1.82, 2.24) is 15.0 Å². The van der Waals surface area contributed by atoms with E-state index in [-0.39, 0.29) is 0 Å². The van der Waals surface area contributed by atoms with Gasteiger partial charge in [-0.25, -0.2) is 10.3 Å². The van der Waals surface area contributed by atoms with Gasteiger partial charge in [-0.05, 0) is 0 Å². The molecule has 100 valence electrons. The van der Waals surface area contributed by atoms with Crippen molar-refractivity contribution >= 4 is 5.91 Å². The molecular formula is C8H8F3N3O4. The van der Waals surface area contributed by atoms with Crippen LogP contribution >= 0.6 is 0 Å². The van der Waals surface area contributed by atoms with Crippen LogP contribution in [0.2, 0.25) is 0 Å². The Labute approximate surface area is 97.1 Å². The molecule has 7 nitrogen and oxygen atoms in total. The van der Waals surface area contributed by atoms with Crippen molar-refractivity contribution in [3.8, 4) is 0 Å². The Morgan fingerprint density at radius 3 is 2.67 bits per heavy atom. The smallest absolute Gasteiger partial charge is 0.291 e. The summed E-state index contributed by atoms with van der Waals surface area (Å²) in [5.74, 6) is -0.964. The van der Waals surface area contributed by atoms with Crippen molar-refractivity contribution in [3.05, 3.63) is 33.1 Å². The molecule has 0 saturated heterocycles. The molecule has 1 amide bonds. The summed E-state index contributed by atoms with van der Waals surface area (Å²) >= 11 is 0. The highest BCUT2D eigenvalue weighted by atomic mass is 19.4. The third-order valence-corrected chi connectivity index (χ3v) is 1.63. The molecule has 0 saturated carbocycles. The minimum Gasteiger partial charge on any atom is -0.291 e. The van der Waals surface area contributed by atoms with Gasteiger partial charge in [-0.15, -0.1) is 0 Å². The second-order valence-electron chi connectivity index (χ2n) is 3.17. The summed E-state index contributed by atoms with van der Waals surface area (Å²) in [6.45, 7) is -2.22. The van der Waals surface area contributed by atoms with Gasteiger partial charge < -0.3 is 0 Å². The Bertz CT molecular complexity index is 533. The van der Waals surface area contributed by atoms with Gasteiger partial charge in [0.05, 0.1) is 0 Å². The highest BCUT2D eigenvalue weighted by molar-refractivity contribution is 5.74. The Hall–Kier alpha value is -2.10. The summed E-state index contributed by atoms with van der Waals surface area (Å²) in [6.07, 6.45) is -3.54. The molecule has 0 unspecified atom stereocenters. The van der Waals surface area contributed by atoms with Crippen molar-refractivity contribution in [1.29, 1.82) is 0 Å². The number of aromatic amines is 1. The van der Waals surface area contributed by atoms with E-state index in [1.54, 1.807) is 0 Å². The van der Waals surface area contributed by atoms with Crippen LogP contribution in [0.5, 0.6) is 0 Å². The molecule has 2 N–H and O–H groups in total. The molecule has 0 aliphatic carbocycles. The third kappa shape index (κ3) is 4.82. The van der Waals surface area contributed by atoms with Crippen LogP contribution in [0.1, 0.15) is 0 Å². The fourth-order valence-electron chi connectivity index (χ4n) is 0.954. The number of nitrogens with one attached hydrogen (secondary N) is 2. The summed E-state index contributed by atoms with van der Waals surface area (Å²) in [7, 11) is 0. The average Bonchev–Trinajstić information content (AvgIpc) is 2.20. The van der Waals surface area contributed by atoms with E-state index in [1.807, 2.05) is 4.98 Å². The van der Waals surface area contributed by atoms with Crippen molar-refractivity contribution in [2.24, 2.45) is 0 Å². The van der Waals surface area contributed by atoms with Crippen molar-refractivity contribution < 1.29 is 22.8 Å². The average molecular weight is 267 g/mol. The van der Waals surface area contributed by atoms with E-state index < -0.39 is 36.5 Å². The molecule has 0 bridgehead atoms. The van der Waals surface area contributed by atoms with Crippen molar-refractivity contribution in [2.45, 2.75) is 12.7 Å². The number of rotatable bonds is 4. The van der Waals surface area contributed by atoms with E-state index in [9.17, 15) is 27.6 Å². The number of carbonyl (C=O) groups is 1. The van der Waals surface area contributed by atoms with E-state index in [4.69, 9.17) is 0 Å². The Kier molecular flexibility index (Phi) is 4.26. The van der Waals surface area contributed by atoms with Crippen LogP contribution in [-0.4, -0.2) is 28.2 Å². The molecule has 0 fully saturated rings. The monoisotopic (exact) mass is 267 g/mol. The number of nitrogens with zero attached hydrogens (tertiary/aromatic N) is 1. The summed E-state index contributed by atoms with van der Waals surface area (Å²) in [5.41, 5.74) is 0.0174. The second kappa shape index (κ2) is 5.49. The van der Waals surface area contributed by atoms with E-state index in [2.05, 4.69) is 4.84 Å². The van der Waals surface area contributed by atoms with Gasteiger partial charge >= 0.3 is 11.9 Å². The molecule has 0 aliphatic heterocycles. The number of halogens is 3. The first-order valence-electron chi connectivity index (χ1n) is 4.55. The lowest BCUT2D eigenvalue weighted by molar-refractivity contribution is -0.191. The minimum absolute atomic E-state index is 0.576. The first kappa shape index (κ1) is 14.0. The molecule has 10 heteroatoms. The van der Waals surface area contributed by atoms with Crippen molar-refractivity contribution in [2.75, 3.05) is 6.61 Å². The van der Waals surface area contributed by atoms with Crippen LogP contribution in [0.15, 0.2) is 21.9 Å². The third-order valence-electron chi connectivity index (χ3n) is 1.63. The number of amides is 1. The number of carbonyl (C=O) groups excluding carboxylic acids is 1. The largest absolute Gasteiger partial charge is 0.414 e. The van der Waals surface area contributed by atoms with E-state index in [0.29, 0.717) is 0 Å². The lowest BCUT2D eigenvalue weighted by Gasteiger charge is -2.08. The van der Waals surface area contributed by atoms with Crippen LogP contribution in [0, 0.1) is 0 Å². The van der Waals surface area contributed by atoms with Gasteiger partial charge in [0.2, 0.25) is 0 Å². The van der Waals surface area contributed by atoms with E-state index in [1.165, 1.54) is 5.48 Å². The number of aromatic nitrogens is 2. The molecule has 18 heavy (non-hydrogen) atoms. The Morgan fingerprint density at radius 2 is 2.11 bits per heavy atom. The summed E-state index contributed by atoms with van der Waals surface area (Å²) < 4.78 is 35.8. The number of hydrogen-bond donors (Lipinski definition) is 2. The van der Waals surface area contributed by atoms with E-state index in [0.717, 1.165) is 16.8 Å². The number of alkyl halides is 3. The molecule has 0 aromatic carbocycles. The van der Waals surface area contributed by atoms with Gasteiger partial charge in [-0.3, -0.25) is 24.0 Å². The highest BCUT2D eigenvalue weighted by Crippen LogP contribution is 2.13. The quantitative estimate of drug-likeness (QED) is 0.695. The number of H-pyrrole nitrogens is 1. The molecular weight excluding hydrogens is 259 g/mol. The molecule has 1 rings (SSSR count). The molecule has 1 aromatic heterocycles. The fourth-order valence-corrected chi connectivity index (χ4v) is 0.954. The molecule has 0 spiro atoms. The predicted octanol–water partition coefficient (Wildman–Crippen LogP) is -0.853. The normalized spacial score (nSPS) is 11.3. The maximum atomic E-state index is 11.7. The number of hydrogen-bond acceptors (Lipinski definition) is 4. The summed E-state index contributed by atoms with van der Waals surface area (Å²) in [4.78, 5) is 38.6. The maximum absolute atomic E-state index is 11.7. The van der Waals surface area contributed by atoms with Gasteiger partial charge in [0.1, 0.15) is 6.54 Å². The van der Waals surface area contributed by atoms with Crippen LogP contribution < -0.4 is 16.7 Å². The molecule has 0 atom stereocenters. The lowest BCUT2D eigenvalue weighted by atomic mass is 10.5. The zero-order valence-corrected chi connectivity index (χ0v) is 8.78. The number of hydroxylamine groups is 1.